The van der Waals surface area contributed by atoms with E-state index in [9.17, 15) is 23.3 Å². The van der Waals surface area contributed by atoms with E-state index in [0.717, 1.165) is 0 Å². The zero-order chi connectivity index (χ0) is 17.0. The third-order valence-electron chi connectivity index (χ3n) is 3.60. The number of benzene rings is 1. The first-order valence-electron chi connectivity index (χ1n) is 7.04. The summed E-state index contributed by atoms with van der Waals surface area (Å²) in [7, 11) is -2.30. The van der Waals surface area contributed by atoms with E-state index in [1.807, 2.05) is 0 Å². The third kappa shape index (κ3) is 4.20. The van der Waals surface area contributed by atoms with Crippen molar-refractivity contribution in [1.82, 2.24) is 14.5 Å². The van der Waals surface area contributed by atoms with Gasteiger partial charge in [-0.1, -0.05) is 12.1 Å². The number of nitro groups is 1. The molecule has 0 bridgehead atoms. The van der Waals surface area contributed by atoms with Crippen molar-refractivity contribution in [3.63, 3.8) is 0 Å². The number of amides is 1. The van der Waals surface area contributed by atoms with E-state index in [2.05, 4.69) is 5.32 Å². The number of carbonyl (C=O) groups excluding carboxylic acids is 1. The summed E-state index contributed by atoms with van der Waals surface area (Å²) < 4.78 is 26.4. The summed E-state index contributed by atoms with van der Waals surface area (Å²) >= 11 is 0. The average Bonchev–Trinajstić information content (AvgIpc) is 2.55. The van der Waals surface area contributed by atoms with Gasteiger partial charge in [0.15, 0.2) is 4.90 Å². The van der Waals surface area contributed by atoms with Gasteiger partial charge in [0.1, 0.15) is 0 Å². The van der Waals surface area contributed by atoms with Crippen LogP contribution in [0, 0.1) is 10.1 Å². The fraction of sp³-hybridized carbons (Fsp3) is 0.462. The molecule has 0 saturated carbocycles. The normalized spacial score (nSPS) is 15.6. The Morgan fingerprint density at radius 2 is 1.83 bits per heavy atom. The molecule has 1 amide bonds. The predicted molar refractivity (Wildman–Crippen MR) is 89.6 cm³/mol. The van der Waals surface area contributed by atoms with Crippen LogP contribution in [0.3, 0.4) is 0 Å². The number of sulfonamides is 1. The highest BCUT2D eigenvalue weighted by Crippen LogP contribution is 2.26. The second kappa shape index (κ2) is 8.38. The van der Waals surface area contributed by atoms with Gasteiger partial charge in [0, 0.05) is 32.2 Å². The van der Waals surface area contributed by atoms with Crippen LogP contribution in [0.1, 0.15) is 0 Å². The Hall–Kier alpha value is -1.75. The summed E-state index contributed by atoms with van der Waals surface area (Å²) in [4.78, 5) is 23.3. The maximum Gasteiger partial charge on any atom is 0.289 e. The predicted octanol–water partition coefficient (Wildman–Crippen LogP) is 0.0689. The van der Waals surface area contributed by atoms with Crippen LogP contribution in [-0.2, 0) is 14.8 Å². The number of nitro benzene ring substituents is 1. The van der Waals surface area contributed by atoms with Crippen LogP contribution in [0.25, 0.3) is 0 Å². The summed E-state index contributed by atoms with van der Waals surface area (Å²) in [6.45, 7) is 0.950. The van der Waals surface area contributed by atoms with Crippen molar-refractivity contribution < 1.29 is 18.1 Å². The molecule has 0 unspecified atom stereocenters. The summed E-state index contributed by atoms with van der Waals surface area (Å²) in [5, 5.41) is 13.8. The Morgan fingerprint density at radius 1 is 1.25 bits per heavy atom. The van der Waals surface area contributed by atoms with Gasteiger partial charge in [-0.25, -0.2) is 8.42 Å². The smallest absolute Gasteiger partial charge is 0.289 e. The second-order valence-electron chi connectivity index (χ2n) is 5.04. The van der Waals surface area contributed by atoms with Gasteiger partial charge in [0.25, 0.3) is 5.69 Å². The maximum absolute atomic E-state index is 12.6. The molecule has 0 aliphatic carbocycles. The molecule has 1 N–H and O–H groups in total. The molecule has 1 fully saturated rings. The van der Waals surface area contributed by atoms with Crippen molar-refractivity contribution >= 4 is 34.0 Å². The second-order valence-corrected chi connectivity index (χ2v) is 6.95. The third-order valence-corrected chi connectivity index (χ3v) is 5.55. The maximum atomic E-state index is 12.6. The lowest BCUT2D eigenvalue weighted by molar-refractivity contribution is -0.387. The minimum atomic E-state index is -3.96. The molecule has 1 aromatic carbocycles. The van der Waals surface area contributed by atoms with E-state index in [1.54, 1.807) is 11.9 Å². The van der Waals surface area contributed by atoms with E-state index < -0.39 is 20.6 Å². The number of hydrogen-bond acceptors (Lipinski definition) is 6. The standard InChI is InChI=1S/C13H18N4O5S.ClH/c1-14-10-13(18)15-6-8-16(9-7-15)23(21,22)12-5-3-2-4-11(12)17(19)20;/h2-5,14H,6-10H2,1H3;1H. The molecular formula is C13H19ClN4O5S. The van der Waals surface area contributed by atoms with Gasteiger partial charge < -0.3 is 10.2 Å². The van der Waals surface area contributed by atoms with Gasteiger partial charge in [-0.3, -0.25) is 14.9 Å². The van der Waals surface area contributed by atoms with E-state index in [0.29, 0.717) is 0 Å². The van der Waals surface area contributed by atoms with Crippen LogP contribution < -0.4 is 5.32 Å². The fourth-order valence-electron chi connectivity index (χ4n) is 2.41. The number of carbonyl (C=O) groups is 1. The Morgan fingerprint density at radius 3 is 2.38 bits per heavy atom. The molecule has 0 spiro atoms. The first-order valence-corrected chi connectivity index (χ1v) is 8.48. The Kier molecular flexibility index (Phi) is 7.08. The molecule has 24 heavy (non-hydrogen) atoms. The molecule has 1 aliphatic heterocycles. The average molecular weight is 379 g/mol. The SMILES string of the molecule is CNCC(=O)N1CCN(S(=O)(=O)c2ccccc2[N+](=O)[O-])CC1.Cl. The molecule has 1 heterocycles. The molecule has 1 aromatic rings. The number of nitrogens with zero attached hydrogens (tertiary/aromatic N) is 3. The molecule has 134 valence electrons. The van der Waals surface area contributed by atoms with Crippen molar-refractivity contribution in [3.05, 3.63) is 34.4 Å². The van der Waals surface area contributed by atoms with Crippen molar-refractivity contribution in [2.24, 2.45) is 0 Å². The van der Waals surface area contributed by atoms with Crippen molar-refractivity contribution in [3.8, 4) is 0 Å². The number of para-hydroxylation sites is 1. The van der Waals surface area contributed by atoms with Crippen molar-refractivity contribution in [2.75, 3.05) is 39.8 Å². The zero-order valence-electron chi connectivity index (χ0n) is 13.0. The molecule has 11 heteroatoms. The minimum absolute atomic E-state index is 0. The fourth-order valence-corrected chi connectivity index (χ4v) is 3.99. The molecule has 0 radical (unpaired) electrons. The van der Waals surface area contributed by atoms with Crippen molar-refractivity contribution in [1.29, 1.82) is 0 Å². The van der Waals surface area contributed by atoms with Crippen LogP contribution in [0.5, 0.6) is 0 Å². The Labute approximate surface area is 146 Å². The minimum Gasteiger partial charge on any atom is -0.339 e. The van der Waals surface area contributed by atoms with Gasteiger partial charge in [-0.05, 0) is 13.1 Å². The highest BCUT2D eigenvalue weighted by atomic mass is 35.5. The largest absolute Gasteiger partial charge is 0.339 e. The summed E-state index contributed by atoms with van der Waals surface area (Å²) in [6, 6.07) is 5.27. The lowest BCUT2D eigenvalue weighted by Gasteiger charge is -2.33. The Bertz CT molecular complexity index is 704. The lowest BCUT2D eigenvalue weighted by atomic mass is 10.3. The highest BCUT2D eigenvalue weighted by molar-refractivity contribution is 7.89. The topological polar surface area (TPSA) is 113 Å². The van der Waals surface area contributed by atoms with Gasteiger partial charge in [-0.2, -0.15) is 4.31 Å². The summed E-state index contributed by atoms with van der Waals surface area (Å²) in [6.07, 6.45) is 0. The molecule has 0 aromatic heterocycles. The molecule has 0 atom stereocenters. The van der Waals surface area contributed by atoms with Crippen LogP contribution >= 0.6 is 12.4 Å². The Balaban J connectivity index is 0.00000288. The first-order chi connectivity index (χ1) is 10.9. The number of nitrogens with one attached hydrogen (secondary N) is 1. The highest BCUT2D eigenvalue weighted by Gasteiger charge is 2.34. The van der Waals surface area contributed by atoms with Crippen molar-refractivity contribution in [2.45, 2.75) is 4.90 Å². The monoisotopic (exact) mass is 378 g/mol. The number of piperazine rings is 1. The van der Waals surface area contributed by atoms with Gasteiger partial charge >= 0.3 is 0 Å². The van der Waals surface area contributed by atoms with Crippen LogP contribution in [0.4, 0.5) is 5.69 Å². The quantitative estimate of drug-likeness (QED) is 0.573. The molecule has 2 rings (SSSR count). The van der Waals surface area contributed by atoms with Crippen LogP contribution in [0.15, 0.2) is 29.2 Å². The zero-order valence-corrected chi connectivity index (χ0v) is 14.7. The van der Waals surface area contributed by atoms with Gasteiger partial charge in [0.2, 0.25) is 15.9 Å². The van der Waals surface area contributed by atoms with Crippen LogP contribution in [-0.4, -0.2) is 68.2 Å². The van der Waals surface area contributed by atoms with Gasteiger partial charge in [0.05, 0.1) is 11.5 Å². The van der Waals surface area contributed by atoms with E-state index in [4.69, 9.17) is 0 Å². The molecule has 9 nitrogen and oxygen atoms in total. The summed E-state index contributed by atoms with van der Waals surface area (Å²) in [5.74, 6) is -0.102. The van der Waals surface area contributed by atoms with E-state index >= 15 is 0 Å². The van der Waals surface area contributed by atoms with Gasteiger partial charge in [-0.15, -0.1) is 12.4 Å². The summed E-state index contributed by atoms with van der Waals surface area (Å²) in [5.41, 5.74) is -0.443. The lowest BCUT2D eigenvalue weighted by Crippen LogP contribution is -2.52. The van der Waals surface area contributed by atoms with E-state index in [1.165, 1.54) is 28.6 Å². The molecule has 1 aliphatic rings. The number of likely N-dealkylation sites (N-methyl/N-ethyl adjacent to an activating group) is 1. The number of rotatable bonds is 5. The van der Waals surface area contributed by atoms with E-state index in [-0.39, 0.29) is 55.9 Å². The number of hydrogen-bond donors (Lipinski definition) is 1. The molecular weight excluding hydrogens is 360 g/mol. The number of halogens is 1. The molecule has 1 saturated heterocycles. The first kappa shape index (κ1) is 20.3. The van der Waals surface area contributed by atoms with Crippen LogP contribution in [0.2, 0.25) is 0 Å².